The molecule has 0 radical (unpaired) electrons. The third-order valence-electron chi connectivity index (χ3n) is 2.79. The first kappa shape index (κ1) is 10.0. The van der Waals surface area contributed by atoms with Gasteiger partial charge in [-0.2, -0.15) is 0 Å². The van der Waals surface area contributed by atoms with Gasteiger partial charge in [0.15, 0.2) is 0 Å². The van der Waals surface area contributed by atoms with Gasteiger partial charge in [0.05, 0.1) is 6.10 Å². The molecule has 0 saturated carbocycles. The van der Waals surface area contributed by atoms with E-state index < -0.39 is 0 Å². The Hall–Kier alpha value is -0.0800. The number of β-amino-alcohol motifs (C(OH)–C–C–N with tert-alkyl or cyclic N) is 1. The second-order valence-electron chi connectivity index (χ2n) is 4.49. The molecule has 2 atom stereocenters. The topological polar surface area (TPSA) is 23.5 Å². The van der Waals surface area contributed by atoms with Crippen molar-refractivity contribution in [2.24, 2.45) is 5.92 Å². The highest BCUT2D eigenvalue weighted by atomic mass is 16.3. The van der Waals surface area contributed by atoms with Crippen LogP contribution >= 0.6 is 0 Å². The average Bonchev–Trinajstić information content (AvgIpc) is 2.31. The first-order valence-corrected chi connectivity index (χ1v) is 4.96. The van der Waals surface area contributed by atoms with Gasteiger partial charge < -0.3 is 5.11 Å². The molecule has 1 fully saturated rings. The zero-order valence-electron chi connectivity index (χ0n) is 8.62. The van der Waals surface area contributed by atoms with E-state index in [0.717, 1.165) is 13.0 Å². The molecule has 0 spiro atoms. The van der Waals surface area contributed by atoms with Crippen molar-refractivity contribution in [1.29, 1.82) is 0 Å². The molecule has 1 heterocycles. The van der Waals surface area contributed by atoms with Crippen molar-refractivity contribution in [3.05, 3.63) is 0 Å². The highest BCUT2D eigenvalue weighted by Gasteiger charge is 2.33. The summed E-state index contributed by atoms with van der Waals surface area (Å²) in [5, 5.41) is 9.53. The second-order valence-corrected chi connectivity index (χ2v) is 4.49. The van der Waals surface area contributed by atoms with Gasteiger partial charge in [0, 0.05) is 18.6 Å². The predicted molar refractivity (Wildman–Crippen MR) is 51.1 cm³/mol. The molecule has 0 aliphatic carbocycles. The van der Waals surface area contributed by atoms with E-state index in [2.05, 4.69) is 32.6 Å². The lowest BCUT2D eigenvalue weighted by Crippen LogP contribution is -2.38. The quantitative estimate of drug-likeness (QED) is 0.680. The van der Waals surface area contributed by atoms with Gasteiger partial charge >= 0.3 is 0 Å². The Bertz CT molecular complexity index is 129. The molecule has 0 bridgehead atoms. The zero-order chi connectivity index (χ0) is 9.30. The van der Waals surface area contributed by atoms with Gasteiger partial charge in [0.2, 0.25) is 0 Å². The summed E-state index contributed by atoms with van der Waals surface area (Å²) in [5.74, 6) is 0.657. The molecule has 1 saturated heterocycles. The average molecular weight is 171 g/mol. The summed E-state index contributed by atoms with van der Waals surface area (Å²) in [6.07, 6.45) is 0.857. The number of likely N-dealkylation sites (tertiary alicyclic amines) is 1. The Labute approximate surface area is 75.6 Å². The molecule has 1 unspecified atom stereocenters. The minimum atomic E-state index is -0.0974. The van der Waals surface area contributed by atoms with Crippen LogP contribution in [0.1, 0.15) is 34.1 Å². The number of hydrogen-bond donors (Lipinski definition) is 1. The molecule has 2 heteroatoms. The maximum atomic E-state index is 9.53. The van der Waals surface area contributed by atoms with Gasteiger partial charge in [-0.05, 0) is 26.2 Å². The lowest BCUT2D eigenvalue weighted by atomic mass is 10.0. The smallest absolute Gasteiger partial charge is 0.0682 e. The standard InChI is InChI=1S/C10H21NO/c1-7(2)10-5-9(12)6-11(10)8(3)4/h7-10,12H,5-6H2,1-4H3/t9?,10-/m0/s1. The first-order valence-electron chi connectivity index (χ1n) is 4.96. The number of aliphatic hydroxyl groups excluding tert-OH is 1. The normalized spacial score (nSPS) is 32.2. The van der Waals surface area contributed by atoms with Crippen LogP contribution in [-0.2, 0) is 0 Å². The fourth-order valence-corrected chi connectivity index (χ4v) is 2.12. The third kappa shape index (κ3) is 1.99. The summed E-state index contributed by atoms with van der Waals surface area (Å²) in [7, 11) is 0. The third-order valence-corrected chi connectivity index (χ3v) is 2.79. The van der Waals surface area contributed by atoms with Crippen molar-refractivity contribution >= 4 is 0 Å². The van der Waals surface area contributed by atoms with Crippen LogP contribution in [0.5, 0.6) is 0 Å². The summed E-state index contributed by atoms with van der Waals surface area (Å²) in [5.41, 5.74) is 0. The Morgan fingerprint density at radius 3 is 2.17 bits per heavy atom. The SMILES string of the molecule is CC(C)[C@@H]1CC(O)CN1C(C)C. The van der Waals surface area contributed by atoms with Crippen LogP contribution in [-0.4, -0.2) is 34.7 Å². The largest absolute Gasteiger partial charge is 0.392 e. The van der Waals surface area contributed by atoms with E-state index in [1.807, 2.05) is 0 Å². The van der Waals surface area contributed by atoms with Gasteiger partial charge in [0.25, 0.3) is 0 Å². The van der Waals surface area contributed by atoms with Crippen LogP contribution in [0.4, 0.5) is 0 Å². The predicted octanol–water partition coefficient (Wildman–Crippen LogP) is 1.49. The Morgan fingerprint density at radius 2 is 1.83 bits per heavy atom. The van der Waals surface area contributed by atoms with Crippen molar-refractivity contribution in [3.63, 3.8) is 0 Å². The Balaban J connectivity index is 2.59. The molecule has 1 aliphatic rings. The molecule has 0 aromatic heterocycles. The van der Waals surface area contributed by atoms with Gasteiger partial charge in [0.1, 0.15) is 0 Å². The zero-order valence-corrected chi connectivity index (χ0v) is 8.62. The summed E-state index contributed by atoms with van der Waals surface area (Å²) in [6, 6.07) is 1.15. The molecule has 1 rings (SSSR count). The fourth-order valence-electron chi connectivity index (χ4n) is 2.12. The molecule has 2 nitrogen and oxygen atoms in total. The molecular formula is C10H21NO. The molecular weight excluding hydrogens is 150 g/mol. The van der Waals surface area contributed by atoms with E-state index in [0.29, 0.717) is 18.0 Å². The van der Waals surface area contributed by atoms with Crippen LogP contribution in [0, 0.1) is 5.92 Å². The van der Waals surface area contributed by atoms with Crippen LogP contribution in [0.2, 0.25) is 0 Å². The molecule has 0 aromatic carbocycles. The minimum Gasteiger partial charge on any atom is -0.392 e. The Morgan fingerprint density at radius 1 is 1.25 bits per heavy atom. The van der Waals surface area contributed by atoms with Gasteiger partial charge in [-0.25, -0.2) is 0 Å². The van der Waals surface area contributed by atoms with Gasteiger partial charge in [-0.15, -0.1) is 0 Å². The van der Waals surface area contributed by atoms with Crippen LogP contribution in [0.3, 0.4) is 0 Å². The lowest BCUT2D eigenvalue weighted by Gasteiger charge is -2.30. The molecule has 0 amide bonds. The number of aliphatic hydroxyl groups is 1. The molecule has 1 aliphatic heterocycles. The molecule has 0 aromatic rings. The van der Waals surface area contributed by atoms with E-state index >= 15 is 0 Å². The molecule has 12 heavy (non-hydrogen) atoms. The second kappa shape index (κ2) is 3.75. The highest BCUT2D eigenvalue weighted by Crippen LogP contribution is 2.25. The lowest BCUT2D eigenvalue weighted by molar-refractivity contribution is 0.148. The van der Waals surface area contributed by atoms with Crippen molar-refractivity contribution in [2.45, 2.75) is 52.3 Å². The van der Waals surface area contributed by atoms with E-state index in [-0.39, 0.29) is 6.10 Å². The summed E-state index contributed by atoms with van der Waals surface area (Å²) < 4.78 is 0. The maximum absolute atomic E-state index is 9.53. The maximum Gasteiger partial charge on any atom is 0.0682 e. The van der Waals surface area contributed by atoms with Crippen molar-refractivity contribution in [2.75, 3.05) is 6.54 Å². The van der Waals surface area contributed by atoms with E-state index in [9.17, 15) is 5.11 Å². The summed E-state index contributed by atoms with van der Waals surface area (Å²) in [4.78, 5) is 2.41. The monoisotopic (exact) mass is 171 g/mol. The number of rotatable bonds is 2. The summed E-state index contributed by atoms with van der Waals surface area (Å²) >= 11 is 0. The summed E-state index contributed by atoms with van der Waals surface area (Å²) in [6.45, 7) is 9.73. The van der Waals surface area contributed by atoms with E-state index in [4.69, 9.17) is 0 Å². The molecule has 1 N–H and O–H groups in total. The first-order chi connectivity index (χ1) is 5.52. The fraction of sp³-hybridized carbons (Fsp3) is 1.00. The number of nitrogens with zero attached hydrogens (tertiary/aromatic N) is 1. The van der Waals surface area contributed by atoms with E-state index in [1.54, 1.807) is 0 Å². The van der Waals surface area contributed by atoms with Crippen LogP contribution in [0.15, 0.2) is 0 Å². The van der Waals surface area contributed by atoms with Crippen molar-refractivity contribution < 1.29 is 5.11 Å². The number of hydrogen-bond acceptors (Lipinski definition) is 2. The van der Waals surface area contributed by atoms with Crippen LogP contribution < -0.4 is 0 Å². The highest BCUT2D eigenvalue weighted by molar-refractivity contribution is 4.88. The Kier molecular flexibility index (Phi) is 3.13. The van der Waals surface area contributed by atoms with Gasteiger partial charge in [-0.1, -0.05) is 13.8 Å². The van der Waals surface area contributed by atoms with Crippen molar-refractivity contribution in [1.82, 2.24) is 4.90 Å². The van der Waals surface area contributed by atoms with E-state index in [1.165, 1.54) is 0 Å². The van der Waals surface area contributed by atoms with Gasteiger partial charge in [-0.3, -0.25) is 4.90 Å². The molecule has 72 valence electrons. The van der Waals surface area contributed by atoms with Crippen LogP contribution in [0.25, 0.3) is 0 Å². The minimum absolute atomic E-state index is 0.0974. The van der Waals surface area contributed by atoms with Crippen molar-refractivity contribution in [3.8, 4) is 0 Å².